The van der Waals surface area contributed by atoms with E-state index in [4.69, 9.17) is 34.2 Å². The number of ketones is 1. The fourth-order valence-electron chi connectivity index (χ4n) is 10.1. The summed E-state index contributed by atoms with van der Waals surface area (Å²) in [5.41, 5.74) is -0.378. The summed E-state index contributed by atoms with van der Waals surface area (Å²) < 4.78 is 36.3. The second-order valence-electron chi connectivity index (χ2n) is 17.3. The minimum absolute atomic E-state index is 0.00981. The molecule has 3 aromatic rings. The van der Waals surface area contributed by atoms with Crippen molar-refractivity contribution in [1.82, 2.24) is 0 Å². The number of hydrogen-bond donors (Lipinski definition) is 3. The van der Waals surface area contributed by atoms with Crippen LogP contribution in [0.25, 0.3) is 0 Å². The van der Waals surface area contributed by atoms with E-state index in [1.54, 1.807) is 87.5 Å². The van der Waals surface area contributed by atoms with Crippen LogP contribution in [0.5, 0.6) is 0 Å². The van der Waals surface area contributed by atoms with Crippen LogP contribution in [0.1, 0.15) is 86.7 Å². The molecule has 1 aliphatic heterocycles. The Labute approximate surface area is 358 Å². The Morgan fingerprint density at radius 3 is 1.90 bits per heavy atom. The number of nitrogens with two attached hydrogens (primary N) is 1. The van der Waals surface area contributed by atoms with Crippen LogP contribution >= 0.6 is 0 Å². The highest BCUT2D eigenvalue weighted by Gasteiger charge is 2.78. The molecular weight excluding hydrogens is 803 g/mol. The zero-order valence-corrected chi connectivity index (χ0v) is 35.3. The molecule has 0 spiro atoms. The number of esters is 5. The summed E-state index contributed by atoms with van der Waals surface area (Å²) in [6, 6.07) is 23.0. The maximum atomic E-state index is 15.5. The van der Waals surface area contributed by atoms with Crippen molar-refractivity contribution in [2.45, 2.75) is 108 Å². The summed E-state index contributed by atoms with van der Waals surface area (Å²) in [5, 5.41) is 25.8. The molecule has 328 valence electrons. The Balaban J connectivity index is 1.42. The summed E-state index contributed by atoms with van der Waals surface area (Å²) in [6.45, 7) is 8.04. The van der Waals surface area contributed by atoms with Gasteiger partial charge in [0.15, 0.2) is 17.5 Å². The highest BCUT2D eigenvalue weighted by atomic mass is 16.6. The van der Waals surface area contributed by atoms with E-state index in [0.717, 1.165) is 13.8 Å². The molecule has 7 rings (SSSR count). The number of hydrogen-bond acceptors (Lipinski definition) is 15. The van der Waals surface area contributed by atoms with Crippen molar-refractivity contribution in [3.63, 3.8) is 0 Å². The van der Waals surface area contributed by atoms with Crippen molar-refractivity contribution >= 4 is 35.6 Å². The normalized spacial score (nSPS) is 31.9. The number of benzene rings is 3. The van der Waals surface area contributed by atoms with E-state index in [1.165, 1.54) is 31.2 Å². The smallest absolute Gasteiger partial charge is 0.350 e. The molecule has 3 aromatic carbocycles. The van der Waals surface area contributed by atoms with E-state index >= 15 is 4.79 Å². The summed E-state index contributed by atoms with van der Waals surface area (Å²) in [5.74, 6) is -6.99. The average Bonchev–Trinajstić information content (AvgIpc) is 3.24. The Hall–Kier alpha value is -5.74. The van der Waals surface area contributed by atoms with Crippen LogP contribution in [-0.4, -0.2) is 100 Å². The zero-order chi connectivity index (χ0) is 44.9. The topological polar surface area (TPSA) is 224 Å². The van der Waals surface area contributed by atoms with Gasteiger partial charge >= 0.3 is 29.8 Å². The molecule has 3 aliphatic carbocycles. The van der Waals surface area contributed by atoms with Crippen LogP contribution in [0.2, 0.25) is 0 Å². The fraction of sp³-hybridized carbons (Fsp3) is 0.447. The Kier molecular flexibility index (Phi) is 11.8. The largest absolute Gasteiger partial charge is 0.455 e. The molecule has 15 heteroatoms. The molecule has 2 saturated carbocycles. The van der Waals surface area contributed by atoms with Crippen LogP contribution < -0.4 is 5.73 Å². The molecule has 0 radical (unpaired) electrons. The molecule has 1 heterocycles. The first kappa shape index (κ1) is 44.3. The monoisotopic (exact) mass is 853 g/mol. The molecule has 1 unspecified atom stereocenters. The van der Waals surface area contributed by atoms with Gasteiger partial charge in [-0.15, -0.1) is 0 Å². The lowest BCUT2D eigenvalue weighted by atomic mass is 9.44. The predicted molar refractivity (Wildman–Crippen MR) is 218 cm³/mol. The van der Waals surface area contributed by atoms with Gasteiger partial charge in [0.2, 0.25) is 6.10 Å². The van der Waals surface area contributed by atoms with Gasteiger partial charge in [-0.2, -0.15) is 0 Å². The first-order chi connectivity index (χ1) is 29.3. The number of rotatable bonds is 10. The Morgan fingerprint density at radius 2 is 1.37 bits per heavy atom. The van der Waals surface area contributed by atoms with Gasteiger partial charge in [0, 0.05) is 32.1 Å². The van der Waals surface area contributed by atoms with Crippen LogP contribution in [-0.2, 0) is 47.6 Å². The van der Waals surface area contributed by atoms with E-state index in [9.17, 15) is 34.2 Å². The van der Waals surface area contributed by atoms with Crippen LogP contribution in [0.4, 0.5) is 0 Å². The van der Waals surface area contributed by atoms with Crippen molar-refractivity contribution in [1.29, 1.82) is 0 Å². The Bertz CT molecular complexity index is 2280. The molecule has 2 bridgehead atoms. The number of ether oxygens (including phenoxy) is 6. The number of carbonyl (C=O) groups excluding carboxylic acids is 6. The minimum Gasteiger partial charge on any atom is -0.455 e. The molecule has 11 atom stereocenters. The molecule has 15 nitrogen and oxygen atoms in total. The lowest BCUT2D eigenvalue weighted by Gasteiger charge is -2.67. The molecule has 4 aliphatic rings. The maximum Gasteiger partial charge on any atom is 0.350 e. The van der Waals surface area contributed by atoms with E-state index in [1.807, 2.05) is 0 Å². The van der Waals surface area contributed by atoms with Crippen molar-refractivity contribution in [2.75, 3.05) is 6.61 Å². The van der Waals surface area contributed by atoms with Crippen molar-refractivity contribution in [3.05, 3.63) is 119 Å². The van der Waals surface area contributed by atoms with E-state index < -0.39 is 113 Å². The van der Waals surface area contributed by atoms with Gasteiger partial charge in [-0.3, -0.25) is 14.4 Å². The molecular formula is C47H51NO14. The lowest BCUT2D eigenvalue weighted by Crippen LogP contribution is -2.82. The Morgan fingerprint density at radius 1 is 0.806 bits per heavy atom. The van der Waals surface area contributed by atoms with Gasteiger partial charge in [-0.25, -0.2) is 14.4 Å². The van der Waals surface area contributed by atoms with E-state index in [-0.39, 0.29) is 35.3 Å². The van der Waals surface area contributed by atoms with Gasteiger partial charge in [0.25, 0.3) is 0 Å². The standard InChI is InChI=1S/C47H51NO14/c1-25-31(59-43(55)37(35(48)28-16-10-7-11-17-28)60-41(53)29-18-12-8-13-19-29)23-47(56)40(61-42(54)30-20-14-9-15-21-30)38-45(6,32(51)22-33-46(38,24-57-33)62-27(3)50)39(52)36(58-26(2)49)34(25)44(47,4)5/h7-21,31-33,35-38,40,51,56H,22-24,48H2,1-6H3/t31-,32-,33?,35-,36+,37+,38-,40-,45+,46-,47+/m0/s1. The molecule has 0 aromatic heterocycles. The first-order valence-electron chi connectivity index (χ1n) is 20.4. The lowest BCUT2D eigenvalue weighted by molar-refractivity contribution is -0.346. The van der Waals surface area contributed by atoms with Gasteiger partial charge in [0.05, 0.1) is 41.2 Å². The summed E-state index contributed by atoms with van der Waals surface area (Å²) in [7, 11) is 0. The van der Waals surface area contributed by atoms with Gasteiger partial charge in [-0.05, 0) is 54.8 Å². The number of fused-ring (bicyclic) bond motifs is 5. The molecule has 1 saturated heterocycles. The van der Waals surface area contributed by atoms with Gasteiger partial charge in [-0.1, -0.05) is 80.6 Å². The quantitative estimate of drug-likeness (QED) is 0.148. The second kappa shape index (κ2) is 16.5. The second-order valence-corrected chi connectivity index (χ2v) is 17.3. The molecule has 62 heavy (non-hydrogen) atoms. The SMILES string of the molecule is CC(=O)O[C@H]1C(=O)[C@]2(C)[C@@H](O)CC3OC[C@@]3(OC(C)=O)[C@H]2[C@H](OC(=O)c2ccccc2)[C@]2(O)C[C@H](OC(=O)[C@H](OC(=O)c3ccccc3)[C@@H](N)c3ccccc3)C(C)=C1C2(C)C. The van der Waals surface area contributed by atoms with E-state index in [2.05, 4.69) is 0 Å². The van der Waals surface area contributed by atoms with Crippen LogP contribution in [0, 0.1) is 16.7 Å². The third-order valence-corrected chi connectivity index (χ3v) is 13.4. The van der Waals surface area contributed by atoms with E-state index in [0.29, 0.717) is 5.56 Å². The molecule has 4 N–H and O–H groups in total. The predicted octanol–water partition coefficient (Wildman–Crippen LogP) is 4.13. The van der Waals surface area contributed by atoms with Crippen LogP contribution in [0.3, 0.4) is 0 Å². The van der Waals surface area contributed by atoms with Crippen molar-refractivity contribution in [3.8, 4) is 0 Å². The van der Waals surface area contributed by atoms with Crippen molar-refractivity contribution < 1.29 is 67.4 Å². The van der Waals surface area contributed by atoms with Gasteiger partial charge in [0.1, 0.15) is 23.9 Å². The minimum atomic E-state index is -2.38. The number of aliphatic hydroxyl groups is 2. The maximum absolute atomic E-state index is 15.5. The zero-order valence-electron chi connectivity index (χ0n) is 35.3. The fourth-order valence-corrected chi connectivity index (χ4v) is 10.1. The average molecular weight is 854 g/mol. The number of aliphatic hydroxyl groups excluding tert-OH is 1. The highest BCUT2D eigenvalue weighted by Crippen LogP contribution is 2.64. The highest BCUT2D eigenvalue weighted by molar-refractivity contribution is 5.96. The summed E-state index contributed by atoms with van der Waals surface area (Å²) in [4.78, 5) is 84.0. The molecule has 3 fully saturated rings. The number of Topliss-reactive ketones (excluding diaryl/α,β-unsaturated/α-hetero) is 1. The first-order valence-corrected chi connectivity index (χ1v) is 20.4. The van der Waals surface area contributed by atoms with Gasteiger partial charge < -0.3 is 44.4 Å². The summed E-state index contributed by atoms with van der Waals surface area (Å²) >= 11 is 0. The van der Waals surface area contributed by atoms with Crippen molar-refractivity contribution in [2.24, 2.45) is 22.5 Å². The third-order valence-electron chi connectivity index (χ3n) is 13.4. The third kappa shape index (κ3) is 7.29. The summed E-state index contributed by atoms with van der Waals surface area (Å²) in [6.07, 6.45) is -10.2. The molecule has 0 amide bonds. The number of carbonyl (C=O) groups is 6. The van der Waals surface area contributed by atoms with Crippen LogP contribution in [0.15, 0.2) is 102 Å².